The molecule has 1 amide bonds. The van der Waals surface area contributed by atoms with E-state index < -0.39 is 0 Å². The number of hydrogen-bond acceptors (Lipinski definition) is 3. The zero-order valence-corrected chi connectivity index (χ0v) is 9.99. The summed E-state index contributed by atoms with van der Waals surface area (Å²) < 4.78 is 0. The molecule has 1 saturated heterocycles. The molecule has 0 radical (unpaired) electrons. The molecular weight excluding hydrogens is 216 g/mol. The average Bonchev–Trinajstić information content (AvgIpc) is 2.33. The zero-order chi connectivity index (χ0) is 12.3. The number of nitrogens with one attached hydrogen (secondary N) is 2. The number of amides is 1. The second kappa shape index (κ2) is 5.19. The van der Waals surface area contributed by atoms with E-state index in [1.54, 1.807) is 0 Å². The Labute approximate surface area is 101 Å². The summed E-state index contributed by atoms with van der Waals surface area (Å²) in [5.41, 5.74) is 1.79. The molecule has 0 aromatic heterocycles. The minimum absolute atomic E-state index is 0.126. The maximum Gasteiger partial charge on any atom is 0.220 e. The van der Waals surface area contributed by atoms with E-state index in [0.29, 0.717) is 31.3 Å². The van der Waals surface area contributed by atoms with Crippen LogP contribution in [0.2, 0.25) is 0 Å². The Kier molecular flexibility index (Phi) is 3.64. The van der Waals surface area contributed by atoms with Crippen LogP contribution >= 0.6 is 0 Å². The molecule has 3 N–H and O–H groups in total. The highest BCUT2D eigenvalue weighted by Crippen LogP contribution is 2.21. The number of piperidine rings is 1. The molecule has 0 spiro atoms. The highest BCUT2D eigenvalue weighted by atomic mass is 16.3. The van der Waals surface area contributed by atoms with Crippen molar-refractivity contribution < 1.29 is 9.90 Å². The molecule has 4 nitrogen and oxygen atoms in total. The van der Waals surface area contributed by atoms with Crippen LogP contribution in [0.5, 0.6) is 5.75 Å². The van der Waals surface area contributed by atoms with E-state index in [9.17, 15) is 9.90 Å². The van der Waals surface area contributed by atoms with Crippen molar-refractivity contribution in [3.63, 3.8) is 0 Å². The van der Waals surface area contributed by atoms with Gasteiger partial charge in [0.05, 0.1) is 0 Å². The quantitative estimate of drug-likeness (QED) is 0.733. The number of phenols is 1. The first-order valence-electron chi connectivity index (χ1n) is 5.94. The molecule has 4 heteroatoms. The van der Waals surface area contributed by atoms with Crippen molar-refractivity contribution in [3.05, 3.63) is 29.3 Å². The van der Waals surface area contributed by atoms with Gasteiger partial charge in [-0.1, -0.05) is 18.2 Å². The molecule has 92 valence electrons. The van der Waals surface area contributed by atoms with Crippen LogP contribution in [-0.4, -0.2) is 23.6 Å². The van der Waals surface area contributed by atoms with Crippen LogP contribution < -0.4 is 10.6 Å². The van der Waals surface area contributed by atoms with Gasteiger partial charge in [-0.25, -0.2) is 0 Å². The Morgan fingerprint density at radius 2 is 2.35 bits per heavy atom. The summed E-state index contributed by atoms with van der Waals surface area (Å²) in [6.07, 6.45) is 1.44. The average molecular weight is 234 g/mol. The SMILES string of the molecule is Cc1cccc(CNC2CCC(=O)NC2)c1O. The van der Waals surface area contributed by atoms with E-state index in [1.807, 2.05) is 25.1 Å². The van der Waals surface area contributed by atoms with Crippen molar-refractivity contribution in [2.24, 2.45) is 0 Å². The molecule has 1 fully saturated rings. The summed E-state index contributed by atoms with van der Waals surface area (Å²) in [5.74, 6) is 0.487. The first kappa shape index (κ1) is 11.9. The third-order valence-corrected chi connectivity index (χ3v) is 3.17. The van der Waals surface area contributed by atoms with E-state index in [0.717, 1.165) is 17.5 Å². The number of carbonyl (C=O) groups excluding carboxylic acids is 1. The van der Waals surface area contributed by atoms with Crippen LogP contribution in [0.25, 0.3) is 0 Å². The van der Waals surface area contributed by atoms with Gasteiger partial charge in [0.2, 0.25) is 5.91 Å². The minimum Gasteiger partial charge on any atom is -0.507 e. The van der Waals surface area contributed by atoms with Gasteiger partial charge < -0.3 is 15.7 Å². The third kappa shape index (κ3) is 2.97. The Morgan fingerprint density at radius 3 is 3.06 bits per heavy atom. The van der Waals surface area contributed by atoms with E-state index in [4.69, 9.17) is 0 Å². The number of benzene rings is 1. The first-order chi connectivity index (χ1) is 8.16. The van der Waals surface area contributed by atoms with Crippen molar-refractivity contribution in [2.45, 2.75) is 32.4 Å². The lowest BCUT2D eigenvalue weighted by Gasteiger charge is -2.23. The lowest BCUT2D eigenvalue weighted by molar-refractivity contribution is -0.122. The molecule has 17 heavy (non-hydrogen) atoms. The smallest absolute Gasteiger partial charge is 0.220 e. The van der Waals surface area contributed by atoms with E-state index in [1.165, 1.54) is 0 Å². The zero-order valence-electron chi connectivity index (χ0n) is 9.99. The molecule has 1 aromatic rings. The maximum absolute atomic E-state index is 11.0. The van der Waals surface area contributed by atoms with Gasteiger partial charge in [-0.05, 0) is 18.9 Å². The Morgan fingerprint density at radius 1 is 1.53 bits per heavy atom. The second-order valence-corrected chi connectivity index (χ2v) is 4.50. The molecule has 1 aliphatic rings. The number of carbonyl (C=O) groups is 1. The number of aromatic hydroxyl groups is 1. The first-order valence-corrected chi connectivity index (χ1v) is 5.94. The van der Waals surface area contributed by atoms with Crippen LogP contribution in [0.4, 0.5) is 0 Å². The lowest BCUT2D eigenvalue weighted by atomic mass is 10.1. The van der Waals surface area contributed by atoms with Crippen LogP contribution in [0.15, 0.2) is 18.2 Å². The largest absolute Gasteiger partial charge is 0.507 e. The summed E-state index contributed by atoms with van der Waals surface area (Å²) in [6, 6.07) is 6.04. The monoisotopic (exact) mass is 234 g/mol. The Balaban J connectivity index is 1.89. The summed E-state index contributed by atoms with van der Waals surface area (Å²) in [7, 11) is 0. The minimum atomic E-state index is 0.126. The molecule has 1 unspecified atom stereocenters. The van der Waals surface area contributed by atoms with Crippen molar-refractivity contribution >= 4 is 5.91 Å². The molecule has 1 heterocycles. The molecule has 0 aliphatic carbocycles. The second-order valence-electron chi connectivity index (χ2n) is 4.50. The van der Waals surface area contributed by atoms with Gasteiger partial charge in [-0.3, -0.25) is 4.79 Å². The number of hydrogen-bond donors (Lipinski definition) is 3. The Bertz CT molecular complexity index is 408. The van der Waals surface area contributed by atoms with Crippen molar-refractivity contribution in [1.29, 1.82) is 0 Å². The van der Waals surface area contributed by atoms with Crippen LogP contribution in [0.3, 0.4) is 0 Å². The van der Waals surface area contributed by atoms with Crippen molar-refractivity contribution in [3.8, 4) is 5.75 Å². The summed E-state index contributed by atoms with van der Waals surface area (Å²) in [6.45, 7) is 3.19. The molecule has 1 aromatic carbocycles. The predicted molar refractivity (Wildman–Crippen MR) is 65.7 cm³/mol. The molecule has 1 aliphatic heterocycles. The van der Waals surface area contributed by atoms with Gasteiger partial charge in [-0.15, -0.1) is 0 Å². The molecule has 1 atom stereocenters. The fourth-order valence-electron chi connectivity index (χ4n) is 2.02. The molecule has 0 bridgehead atoms. The topological polar surface area (TPSA) is 61.4 Å². The van der Waals surface area contributed by atoms with E-state index >= 15 is 0 Å². The molecular formula is C13H18N2O2. The Hall–Kier alpha value is -1.55. The fourth-order valence-corrected chi connectivity index (χ4v) is 2.02. The van der Waals surface area contributed by atoms with Gasteiger partial charge in [0.25, 0.3) is 0 Å². The maximum atomic E-state index is 11.0. The summed E-state index contributed by atoms with van der Waals surface area (Å²) in [5, 5.41) is 16.0. The highest BCUT2D eigenvalue weighted by Gasteiger charge is 2.17. The highest BCUT2D eigenvalue weighted by molar-refractivity contribution is 5.76. The van der Waals surface area contributed by atoms with Crippen LogP contribution in [0.1, 0.15) is 24.0 Å². The van der Waals surface area contributed by atoms with Crippen molar-refractivity contribution in [2.75, 3.05) is 6.54 Å². The number of aryl methyl sites for hydroxylation is 1. The van der Waals surface area contributed by atoms with Gasteiger partial charge in [-0.2, -0.15) is 0 Å². The van der Waals surface area contributed by atoms with Crippen LogP contribution in [-0.2, 0) is 11.3 Å². The van der Waals surface area contributed by atoms with E-state index in [2.05, 4.69) is 10.6 Å². The standard InChI is InChI=1S/C13H18N2O2/c1-9-3-2-4-10(13(9)17)7-14-11-5-6-12(16)15-8-11/h2-4,11,14,17H,5-8H2,1H3,(H,15,16). The number of rotatable bonds is 3. The normalized spacial score (nSPS) is 20.1. The summed E-state index contributed by atoms with van der Waals surface area (Å²) in [4.78, 5) is 11.0. The van der Waals surface area contributed by atoms with Gasteiger partial charge in [0.15, 0.2) is 0 Å². The van der Waals surface area contributed by atoms with Gasteiger partial charge in [0.1, 0.15) is 5.75 Å². The molecule has 0 saturated carbocycles. The molecule has 2 rings (SSSR count). The number of para-hydroxylation sites is 1. The predicted octanol–water partition coefficient (Wildman–Crippen LogP) is 1.07. The van der Waals surface area contributed by atoms with Crippen LogP contribution in [0, 0.1) is 6.92 Å². The lowest BCUT2D eigenvalue weighted by Crippen LogP contribution is -2.45. The van der Waals surface area contributed by atoms with Gasteiger partial charge in [0, 0.05) is 31.1 Å². The van der Waals surface area contributed by atoms with Gasteiger partial charge >= 0.3 is 0 Å². The van der Waals surface area contributed by atoms with E-state index in [-0.39, 0.29) is 5.91 Å². The fraction of sp³-hybridized carbons (Fsp3) is 0.462. The van der Waals surface area contributed by atoms with Crippen molar-refractivity contribution in [1.82, 2.24) is 10.6 Å². The summed E-state index contributed by atoms with van der Waals surface area (Å²) >= 11 is 0. The number of phenolic OH excluding ortho intramolecular Hbond substituents is 1. The third-order valence-electron chi connectivity index (χ3n) is 3.17.